The Labute approximate surface area is 77.3 Å². The van der Waals surface area contributed by atoms with Crippen molar-refractivity contribution in [1.82, 2.24) is 0 Å². The predicted molar refractivity (Wildman–Crippen MR) is 54.2 cm³/mol. The molecule has 0 bridgehead atoms. The molecule has 1 saturated heterocycles. The van der Waals surface area contributed by atoms with Crippen LogP contribution >= 0.6 is 23.5 Å². The van der Waals surface area contributed by atoms with Crippen LogP contribution in [0.4, 0.5) is 0 Å². The molecule has 3 heteroatoms. The number of hydrogen-bond acceptors (Lipinski definition) is 3. The molecular weight excluding hydrogens is 176 g/mol. The summed E-state index contributed by atoms with van der Waals surface area (Å²) in [4.78, 5) is 0. The van der Waals surface area contributed by atoms with Gasteiger partial charge in [-0.1, -0.05) is 6.92 Å². The van der Waals surface area contributed by atoms with Gasteiger partial charge in [0.2, 0.25) is 0 Å². The van der Waals surface area contributed by atoms with Gasteiger partial charge >= 0.3 is 0 Å². The maximum Gasteiger partial charge on any atom is 0.0528 e. The Morgan fingerprint density at radius 2 is 2.09 bits per heavy atom. The molecule has 1 atom stereocenters. The number of thioether (sulfide) groups is 2. The van der Waals surface area contributed by atoms with Crippen molar-refractivity contribution in [2.24, 2.45) is 5.92 Å². The van der Waals surface area contributed by atoms with Crippen LogP contribution in [0, 0.1) is 5.92 Å². The molecule has 1 N–H and O–H groups in total. The van der Waals surface area contributed by atoms with E-state index in [-0.39, 0.29) is 0 Å². The minimum Gasteiger partial charge on any atom is -0.396 e. The van der Waals surface area contributed by atoms with Gasteiger partial charge in [0, 0.05) is 6.61 Å². The summed E-state index contributed by atoms with van der Waals surface area (Å²) in [6, 6.07) is 0. The van der Waals surface area contributed by atoms with Crippen molar-refractivity contribution >= 4 is 23.5 Å². The molecule has 0 amide bonds. The van der Waals surface area contributed by atoms with E-state index in [1.54, 1.807) is 0 Å². The van der Waals surface area contributed by atoms with E-state index < -0.39 is 0 Å². The third-order valence-electron chi connectivity index (χ3n) is 1.90. The highest BCUT2D eigenvalue weighted by Gasteiger charge is 2.20. The van der Waals surface area contributed by atoms with Crippen molar-refractivity contribution in [3.63, 3.8) is 0 Å². The largest absolute Gasteiger partial charge is 0.396 e. The van der Waals surface area contributed by atoms with E-state index in [1.807, 2.05) is 0 Å². The van der Waals surface area contributed by atoms with Crippen LogP contribution in [0.25, 0.3) is 0 Å². The first kappa shape index (κ1) is 9.75. The summed E-state index contributed by atoms with van der Waals surface area (Å²) in [5, 5.41) is 8.75. The second-order valence-corrected chi connectivity index (χ2v) is 5.75. The molecule has 1 nitrogen and oxygen atoms in total. The second-order valence-electron chi connectivity index (χ2n) is 2.95. The Morgan fingerprint density at radius 1 is 1.45 bits per heavy atom. The highest BCUT2D eigenvalue weighted by molar-refractivity contribution is 8.17. The molecule has 11 heavy (non-hydrogen) atoms. The summed E-state index contributed by atoms with van der Waals surface area (Å²) in [6.07, 6.45) is 2.32. The topological polar surface area (TPSA) is 20.2 Å². The van der Waals surface area contributed by atoms with Crippen molar-refractivity contribution in [3.05, 3.63) is 0 Å². The number of aliphatic hydroxyl groups is 1. The zero-order valence-corrected chi connectivity index (χ0v) is 8.59. The van der Waals surface area contributed by atoms with Gasteiger partial charge in [-0.3, -0.25) is 0 Å². The van der Waals surface area contributed by atoms with Crippen LogP contribution in [0.3, 0.4) is 0 Å². The van der Waals surface area contributed by atoms with Gasteiger partial charge in [-0.15, -0.1) is 23.5 Å². The molecule has 0 saturated carbocycles. The van der Waals surface area contributed by atoms with Gasteiger partial charge in [0.25, 0.3) is 0 Å². The lowest BCUT2D eigenvalue weighted by Crippen LogP contribution is -2.16. The van der Waals surface area contributed by atoms with Crippen molar-refractivity contribution in [2.45, 2.75) is 24.3 Å². The van der Waals surface area contributed by atoms with E-state index in [9.17, 15) is 0 Å². The normalized spacial score (nSPS) is 23.5. The maximum atomic E-state index is 8.75. The zero-order valence-electron chi connectivity index (χ0n) is 6.95. The highest BCUT2D eigenvalue weighted by atomic mass is 32.2. The number of hydrogen-bond donors (Lipinski definition) is 1. The van der Waals surface area contributed by atoms with E-state index in [0.29, 0.717) is 12.5 Å². The quantitative estimate of drug-likeness (QED) is 0.740. The third-order valence-corrected chi connectivity index (χ3v) is 5.35. The maximum absolute atomic E-state index is 8.75. The average Bonchev–Trinajstić information content (AvgIpc) is 2.07. The van der Waals surface area contributed by atoms with Crippen LogP contribution in [0.15, 0.2) is 0 Å². The number of aliphatic hydroxyl groups excluding tert-OH is 1. The molecule has 1 heterocycles. The molecular formula is C8H16OS2. The first-order valence-electron chi connectivity index (χ1n) is 4.18. The molecule has 0 aromatic heterocycles. The minimum atomic E-state index is 0.346. The molecule has 1 rings (SSSR count). The van der Waals surface area contributed by atoms with Gasteiger partial charge in [0.1, 0.15) is 0 Å². The fourth-order valence-electron chi connectivity index (χ4n) is 1.17. The van der Waals surface area contributed by atoms with Gasteiger partial charge in [-0.2, -0.15) is 0 Å². The molecule has 1 aliphatic rings. The highest BCUT2D eigenvalue weighted by Crippen LogP contribution is 2.36. The lowest BCUT2D eigenvalue weighted by molar-refractivity contribution is 0.267. The molecule has 1 fully saturated rings. The summed E-state index contributed by atoms with van der Waals surface area (Å²) in [5.41, 5.74) is 0. The van der Waals surface area contributed by atoms with Crippen LogP contribution in [-0.2, 0) is 0 Å². The van der Waals surface area contributed by atoms with Crippen LogP contribution in [-0.4, -0.2) is 27.8 Å². The minimum absolute atomic E-state index is 0.346. The van der Waals surface area contributed by atoms with Crippen LogP contribution in [0.5, 0.6) is 0 Å². The first-order valence-corrected chi connectivity index (χ1v) is 6.28. The van der Waals surface area contributed by atoms with Crippen molar-refractivity contribution in [3.8, 4) is 0 Å². The van der Waals surface area contributed by atoms with E-state index >= 15 is 0 Å². The molecule has 0 aromatic carbocycles. The molecule has 1 unspecified atom stereocenters. The average molecular weight is 192 g/mol. The van der Waals surface area contributed by atoms with Crippen LogP contribution in [0.1, 0.15) is 19.8 Å². The summed E-state index contributed by atoms with van der Waals surface area (Å²) in [7, 11) is 0. The molecule has 66 valence electrons. The Balaban J connectivity index is 2.21. The molecule has 0 aromatic rings. The van der Waals surface area contributed by atoms with E-state index in [2.05, 4.69) is 30.4 Å². The summed E-state index contributed by atoms with van der Waals surface area (Å²) in [5.74, 6) is 3.30. The van der Waals surface area contributed by atoms with Gasteiger partial charge in [0.05, 0.1) is 4.58 Å². The van der Waals surface area contributed by atoms with Crippen molar-refractivity contribution < 1.29 is 5.11 Å². The molecule has 1 aliphatic heterocycles. The van der Waals surface area contributed by atoms with Crippen molar-refractivity contribution in [2.75, 3.05) is 18.1 Å². The SMILES string of the molecule is CC(CCO)C1SCCCS1. The molecule has 0 aliphatic carbocycles. The Morgan fingerprint density at radius 3 is 2.64 bits per heavy atom. The lowest BCUT2D eigenvalue weighted by atomic mass is 10.1. The Bertz CT molecular complexity index is 102. The summed E-state index contributed by atoms with van der Waals surface area (Å²) < 4.78 is 0.746. The van der Waals surface area contributed by atoms with E-state index in [1.165, 1.54) is 17.9 Å². The standard InChI is InChI=1S/C8H16OS2/c1-7(3-4-9)8-10-5-2-6-11-8/h7-9H,2-6H2,1H3. The van der Waals surface area contributed by atoms with Gasteiger partial charge in [0.15, 0.2) is 0 Å². The predicted octanol–water partition coefficient (Wildman–Crippen LogP) is 2.20. The Kier molecular flexibility index (Phi) is 4.72. The lowest BCUT2D eigenvalue weighted by Gasteiger charge is -2.26. The van der Waals surface area contributed by atoms with Gasteiger partial charge in [-0.05, 0) is 30.3 Å². The van der Waals surface area contributed by atoms with E-state index in [4.69, 9.17) is 5.11 Å². The summed E-state index contributed by atoms with van der Waals surface area (Å²) in [6.45, 7) is 2.59. The van der Waals surface area contributed by atoms with Gasteiger partial charge < -0.3 is 5.11 Å². The smallest absolute Gasteiger partial charge is 0.0528 e. The first-order chi connectivity index (χ1) is 5.34. The second kappa shape index (κ2) is 5.33. The van der Waals surface area contributed by atoms with Crippen molar-refractivity contribution in [1.29, 1.82) is 0 Å². The number of rotatable bonds is 3. The summed E-state index contributed by atoms with van der Waals surface area (Å²) >= 11 is 4.13. The fourth-order valence-corrected chi connectivity index (χ4v) is 4.34. The molecule has 0 spiro atoms. The van der Waals surface area contributed by atoms with Gasteiger partial charge in [-0.25, -0.2) is 0 Å². The van der Waals surface area contributed by atoms with Crippen LogP contribution in [0.2, 0.25) is 0 Å². The fraction of sp³-hybridized carbons (Fsp3) is 1.00. The zero-order chi connectivity index (χ0) is 8.10. The van der Waals surface area contributed by atoms with Crippen LogP contribution < -0.4 is 0 Å². The molecule has 0 radical (unpaired) electrons. The third kappa shape index (κ3) is 3.26. The monoisotopic (exact) mass is 192 g/mol. The van der Waals surface area contributed by atoms with E-state index in [0.717, 1.165) is 11.0 Å². The Hall–Kier alpha value is 0.660.